The molecule has 3 rings (SSSR count). The molecule has 0 aliphatic carbocycles. The average Bonchev–Trinajstić information content (AvgIpc) is 3.06. The van der Waals surface area contributed by atoms with Crippen LogP contribution in [0.4, 0.5) is 0 Å². The molecule has 1 heterocycles. The van der Waals surface area contributed by atoms with Gasteiger partial charge in [0.25, 0.3) is 5.91 Å². The second kappa shape index (κ2) is 6.84. The Morgan fingerprint density at radius 2 is 1.83 bits per heavy atom. The maximum absolute atomic E-state index is 12.9. The Balaban J connectivity index is 1.83. The van der Waals surface area contributed by atoms with Crippen LogP contribution in [0.3, 0.4) is 0 Å². The van der Waals surface area contributed by atoms with E-state index in [1.54, 1.807) is 7.11 Å². The summed E-state index contributed by atoms with van der Waals surface area (Å²) in [5.74, 6) is 1.21. The minimum atomic E-state index is 0.0133. The Morgan fingerprint density at radius 3 is 2.52 bits per heavy atom. The van der Waals surface area contributed by atoms with Crippen molar-refractivity contribution in [2.24, 2.45) is 11.7 Å². The molecule has 0 bridgehead atoms. The van der Waals surface area contributed by atoms with Crippen LogP contribution >= 0.6 is 0 Å². The lowest BCUT2D eigenvalue weighted by molar-refractivity contribution is 0.0783. The number of amides is 1. The summed E-state index contributed by atoms with van der Waals surface area (Å²) in [6, 6.07) is 17.7. The van der Waals surface area contributed by atoms with Crippen LogP contribution in [0.1, 0.15) is 21.8 Å². The van der Waals surface area contributed by atoms with Crippen molar-refractivity contribution in [1.82, 2.24) is 4.90 Å². The number of hydrogen-bond acceptors (Lipinski definition) is 3. The summed E-state index contributed by atoms with van der Waals surface area (Å²) in [6.45, 7) is 1.96. The number of para-hydroxylation sites is 1. The molecular formula is C19H22N2O2. The third-order valence-electron chi connectivity index (χ3n) is 4.60. The Labute approximate surface area is 136 Å². The van der Waals surface area contributed by atoms with Gasteiger partial charge in [-0.25, -0.2) is 0 Å². The van der Waals surface area contributed by atoms with Crippen molar-refractivity contribution in [3.8, 4) is 5.75 Å². The summed E-state index contributed by atoms with van der Waals surface area (Å²) < 4.78 is 5.32. The van der Waals surface area contributed by atoms with Crippen LogP contribution in [-0.4, -0.2) is 37.6 Å². The first-order chi connectivity index (χ1) is 11.2. The van der Waals surface area contributed by atoms with Gasteiger partial charge in [0.15, 0.2) is 0 Å². The summed E-state index contributed by atoms with van der Waals surface area (Å²) >= 11 is 0. The third kappa shape index (κ3) is 3.08. The molecule has 120 valence electrons. The molecule has 2 aromatic rings. The first kappa shape index (κ1) is 15.6. The van der Waals surface area contributed by atoms with Crippen molar-refractivity contribution < 1.29 is 9.53 Å². The van der Waals surface area contributed by atoms with Crippen molar-refractivity contribution >= 4 is 5.91 Å². The van der Waals surface area contributed by atoms with Crippen LogP contribution in [0.2, 0.25) is 0 Å². The van der Waals surface area contributed by atoms with E-state index in [0.29, 0.717) is 36.9 Å². The standard InChI is InChI=1S/C19H22N2O2/c1-23-18-10-6-5-9-16(18)19(22)21-12-15(11-20)17(13-21)14-7-3-2-4-8-14/h2-10,15,17H,11-13,20H2,1H3/t15-,17+/m1/s1. The molecule has 2 N–H and O–H groups in total. The van der Waals surface area contributed by atoms with Gasteiger partial charge in [-0.3, -0.25) is 4.79 Å². The number of benzene rings is 2. The number of carbonyl (C=O) groups is 1. The fraction of sp³-hybridized carbons (Fsp3) is 0.316. The largest absolute Gasteiger partial charge is 0.496 e. The molecule has 4 nitrogen and oxygen atoms in total. The Bertz CT molecular complexity index is 672. The molecule has 2 atom stereocenters. The van der Waals surface area contributed by atoms with Crippen LogP contribution in [0.15, 0.2) is 54.6 Å². The van der Waals surface area contributed by atoms with Crippen LogP contribution in [0, 0.1) is 5.92 Å². The van der Waals surface area contributed by atoms with Crippen molar-refractivity contribution in [3.05, 3.63) is 65.7 Å². The molecule has 1 aliphatic heterocycles. The lowest BCUT2D eigenvalue weighted by atomic mass is 9.89. The number of likely N-dealkylation sites (tertiary alicyclic amines) is 1. The third-order valence-corrected chi connectivity index (χ3v) is 4.60. The van der Waals surface area contributed by atoms with Crippen molar-refractivity contribution in [3.63, 3.8) is 0 Å². The second-order valence-electron chi connectivity index (χ2n) is 5.92. The molecule has 0 unspecified atom stereocenters. The molecule has 0 saturated carbocycles. The quantitative estimate of drug-likeness (QED) is 0.944. The molecule has 1 aliphatic rings. The number of ether oxygens (including phenoxy) is 1. The molecule has 23 heavy (non-hydrogen) atoms. The maximum atomic E-state index is 12.9. The molecular weight excluding hydrogens is 288 g/mol. The fourth-order valence-electron chi connectivity index (χ4n) is 3.35. The molecule has 0 radical (unpaired) electrons. The predicted octanol–water partition coefficient (Wildman–Crippen LogP) is 2.51. The topological polar surface area (TPSA) is 55.6 Å². The van der Waals surface area contributed by atoms with E-state index >= 15 is 0 Å². The zero-order valence-corrected chi connectivity index (χ0v) is 13.3. The number of rotatable bonds is 4. The summed E-state index contributed by atoms with van der Waals surface area (Å²) in [5.41, 5.74) is 7.82. The van der Waals surface area contributed by atoms with Crippen LogP contribution in [0.5, 0.6) is 5.75 Å². The van der Waals surface area contributed by atoms with Gasteiger partial charge in [-0.2, -0.15) is 0 Å². The van der Waals surface area contributed by atoms with Gasteiger partial charge in [-0.1, -0.05) is 42.5 Å². The number of nitrogens with zero attached hydrogens (tertiary/aromatic N) is 1. The number of hydrogen-bond donors (Lipinski definition) is 1. The highest BCUT2D eigenvalue weighted by molar-refractivity contribution is 5.97. The van der Waals surface area contributed by atoms with Crippen molar-refractivity contribution in [2.45, 2.75) is 5.92 Å². The van der Waals surface area contributed by atoms with E-state index in [9.17, 15) is 4.79 Å². The normalized spacial score (nSPS) is 20.5. The van der Waals surface area contributed by atoms with Gasteiger partial charge >= 0.3 is 0 Å². The van der Waals surface area contributed by atoms with Crippen molar-refractivity contribution in [2.75, 3.05) is 26.7 Å². The Morgan fingerprint density at radius 1 is 1.13 bits per heavy atom. The van der Waals surface area contributed by atoms with Crippen LogP contribution in [-0.2, 0) is 0 Å². The van der Waals surface area contributed by atoms with E-state index < -0.39 is 0 Å². The van der Waals surface area contributed by atoms with E-state index in [1.807, 2.05) is 47.4 Å². The van der Waals surface area contributed by atoms with Gasteiger partial charge in [-0.15, -0.1) is 0 Å². The number of carbonyl (C=O) groups excluding carboxylic acids is 1. The monoisotopic (exact) mass is 310 g/mol. The summed E-state index contributed by atoms with van der Waals surface area (Å²) in [4.78, 5) is 14.8. The van der Waals surface area contributed by atoms with Gasteiger partial charge in [0, 0.05) is 19.0 Å². The Hall–Kier alpha value is -2.33. The molecule has 0 aromatic heterocycles. The first-order valence-electron chi connectivity index (χ1n) is 7.92. The smallest absolute Gasteiger partial charge is 0.257 e. The van der Waals surface area contributed by atoms with Gasteiger partial charge in [0.05, 0.1) is 12.7 Å². The second-order valence-corrected chi connectivity index (χ2v) is 5.92. The van der Waals surface area contributed by atoms with Crippen LogP contribution in [0.25, 0.3) is 0 Å². The fourth-order valence-corrected chi connectivity index (χ4v) is 3.35. The average molecular weight is 310 g/mol. The van der Waals surface area contributed by atoms with Gasteiger partial charge in [-0.05, 0) is 30.2 Å². The Kier molecular flexibility index (Phi) is 4.63. The minimum absolute atomic E-state index is 0.0133. The number of nitrogens with two attached hydrogens (primary N) is 1. The zero-order valence-electron chi connectivity index (χ0n) is 13.3. The highest BCUT2D eigenvalue weighted by atomic mass is 16.5. The summed E-state index contributed by atoms with van der Waals surface area (Å²) in [6.07, 6.45) is 0. The van der Waals surface area contributed by atoms with E-state index in [0.717, 1.165) is 0 Å². The maximum Gasteiger partial charge on any atom is 0.257 e. The van der Waals surface area contributed by atoms with Gasteiger partial charge in [0.1, 0.15) is 5.75 Å². The van der Waals surface area contributed by atoms with Gasteiger partial charge < -0.3 is 15.4 Å². The molecule has 1 amide bonds. The first-order valence-corrected chi connectivity index (χ1v) is 7.92. The summed E-state index contributed by atoms with van der Waals surface area (Å²) in [7, 11) is 1.59. The minimum Gasteiger partial charge on any atom is -0.496 e. The number of methoxy groups -OCH3 is 1. The van der Waals surface area contributed by atoms with E-state index in [2.05, 4.69) is 12.1 Å². The lowest BCUT2D eigenvalue weighted by Crippen LogP contribution is -2.30. The molecule has 2 aromatic carbocycles. The highest BCUT2D eigenvalue weighted by Crippen LogP contribution is 2.33. The van der Waals surface area contributed by atoms with E-state index in [4.69, 9.17) is 10.5 Å². The highest BCUT2D eigenvalue weighted by Gasteiger charge is 2.36. The predicted molar refractivity (Wildman–Crippen MR) is 90.6 cm³/mol. The molecule has 0 spiro atoms. The van der Waals surface area contributed by atoms with Crippen LogP contribution < -0.4 is 10.5 Å². The lowest BCUT2D eigenvalue weighted by Gasteiger charge is -2.18. The molecule has 1 saturated heterocycles. The molecule has 4 heteroatoms. The van der Waals surface area contributed by atoms with E-state index in [1.165, 1.54) is 5.56 Å². The van der Waals surface area contributed by atoms with Crippen molar-refractivity contribution in [1.29, 1.82) is 0 Å². The SMILES string of the molecule is COc1ccccc1C(=O)N1C[C@@H](CN)[C@H](c2ccccc2)C1. The molecule has 1 fully saturated rings. The summed E-state index contributed by atoms with van der Waals surface area (Å²) in [5, 5.41) is 0. The zero-order chi connectivity index (χ0) is 16.2. The van der Waals surface area contributed by atoms with Gasteiger partial charge in [0.2, 0.25) is 0 Å². The van der Waals surface area contributed by atoms with E-state index in [-0.39, 0.29) is 11.8 Å².